The lowest BCUT2D eigenvalue weighted by Crippen LogP contribution is -2.41. The lowest BCUT2D eigenvalue weighted by atomic mass is 10.1. The van der Waals surface area contributed by atoms with Gasteiger partial charge in [-0.2, -0.15) is 0 Å². The van der Waals surface area contributed by atoms with Gasteiger partial charge < -0.3 is 10.1 Å². The number of methoxy groups -OCH3 is 1. The number of hydrogen-bond donors (Lipinski definition) is 1. The summed E-state index contributed by atoms with van der Waals surface area (Å²) in [6.45, 7) is 3.42. The average Bonchev–Trinajstić information content (AvgIpc) is 3.05. The number of carbonyl (C=O) groups excluding carboxylic acids is 2. The number of imide groups is 1. The summed E-state index contributed by atoms with van der Waals surface area (Å²) in [4.78, 5) is 25.1. The van der Waals surface area contributed by atoms with Crippen LogP contribution >= 0.6 is 0 Å². The van der Waals surface area contributed by atoms with Crippen molar-refractivity contribution in [1.82, 2.24) is 10.2 Å². The molecule has 2 atom stereocenters. The minimum atomic E-state index is -0.317. The highest BCUT2D eigenvalue weighted by atomic mass is 16.5. The first-order valence-electron chi connectivity index (χ1n) is 6.21. The van der Waals surface area contributed by atoms with Crippen LogP contribution in [0.1, 0.15) is 26.2 Å². The normalized spacial score (nSPS) is 26.7. The van der Waals surface area contributed by atoms with E-state index in [0.29, 0.717) is 25.5 Å². The van der Waals surface area contributed by atoms with Crippen molar-refractivity contribution in [1.29, 1.82) is 0 Å². The maximum absolute atomic E-state index is 12.0. The number of likely N-dealkylation sites (tertiary alicyclic amines) is 1. The van der Waals surface area contributed by atoms with E-state index in [2.05, 4.69) is 12.2 Å². The first-order valence-corrected chi connectivity index (χ1v) is 6.21. The summed E-state index contributed by atoms with van der Waals surface area (Å²) < 4.78 is 5.03. The molecular weight excluding hydrogens is 220 g/mol. The Morgan fingerprint density at radius 3 is 2.76 bits per heavy atom. The molecular formula is C12H20N2O3. The Bertz CT molecular complexity index is 315. The van der Waals surface area contributed by atoms with Crippen LogP contribution in [-0.4, -0.2) is 49.1 Å². The fourth-order valence-electron chi connectivity index (χ4n) is 2.21. The fraction of sp³-hybridized carbons (Fsp3) is 0.833. The molecule has 96 valence electrons. The molecule has 0 spiro atoms. The quantitative estimate of drug-likeness (QED) is 0.671. The van der Waals surface area contributed by atoms with Crippen molar-refractivity contribution in [2.45, 2.75) is 38.3 Å². The molecule has 17 heavy (non-hydrogen) atoms. The van der Waals surface area contributed by atoms with E-state index in [-0.39, 0.29) is 23.9 Å². The van der Waals surface area contributed by atoms with Gasteiger partial charge in [0.25, 0.3) is 0 Å². The average molecular weight is 240 g/mol. The van der Waals surface area contributed by atoms with Crippen LogP contribution in [-0.2, 0) is 14.3 Å². The van der Waals surface area contributed by atoms with Crippen LogP contribution in [0, 0.1) is 5.92 Å². The Kier molecular flexibility index (Phi) is 3.79. The number of hydrogen-bond acceptors (Lipinski definition) is 4. The van der Waals surface area contributed by atoms with E-state index < -0.39 is 0 Å². The standard InChI is InChI=1S/C12H20N2O3/c1-8(7-17-2)6-13-10-5-11(15)14(12(10)16)9-3-4-9/h8-10,13H,3-7H2,1-2H3. The molecule has 0 radical (unpaired) electrons. The van der Waals surface area contributed by atoms with Gasteiger partial charge in [-0.3, -0.25) is 14.5 Å². The Morgan fingerprint density at radius 1 is 1.47 bits per heavy atom. The van der Waals surface area contributed by atoms with E-state index >= 15 is 0 Å². The van der Waals surface area contributed by atoms with E-state index in [9.17, 15) is 9.59 Å². The molecule has 0 bridgehead atoms. The zero-order valence-electron chi connectivity index (χ0n) is 10.4. The third-order valence-electron chi connectivity index (χ3n) is 3.26. The first-order chi connectivity index (χ1) is 8.13. The van der Waals surface area contributed by atoms with Crippen LogP contribution in [0.3, 0.4) is 0 Å². The van der Waals surface area contributed by atoms with E-state index in [1.54, 1.807) is 7.11 Å². The molecule has 5 nitrogen and oxygen atoms in total. The topological polar surface area (TPSA) is 58.6 Å². The molecule has 0 aromatic carbocycles. The second-order valence-corrected chi connectivity index (χ2v) is 5.06. The number of rotatable bonds is 6. The van der Waals surface area contributed by atoms with Crippen LogP contribution in [0.15, 0.2) is 0 Å². The highest BCUT2D eigenvalue weighted by Crippen LogP contribution is 2.31. The molecule has 1 aliphatic carbocycles. The summed E-state index contributed by atoms with van der Waals surface area (Å²) in [5.41, 5.74) is 0. The van der Waals surface area contributed by atoms with E-state index in [4.69, 9.17) is 4.74 Å². The van der Waals surface area contributed by atoms with Gasteiger partial charge in [0.1, 0.15) is 0 Å². The Balaban J connectivity index is 1.82. The molecule has 2 unspecified atom stereocenters. The fourth-order valence-corrected chi connectivity index (χ4v) is 2.21. The molecule has 1 saturated heterocycles. The summed E-state index contributed by atoms with van der Waals surface area (Å²) in [5, 5.41) is 3.17. The van der Waals surface area contributed by atoms with Gasteiger partial charge in [0.2, 0.25) is 11.8 Å². The maximum Gasteiger partial charge on any atom is 0.247 e. The monoisotopic (exact) mass is 240 g/mol. The highest BCUT2D eigenvalue weighted by molar-refractivity contribution is 6.06. The van der Waals surface area contributed by atoms with Gasteiger partial charge in [0, 0.05) is 26.3 Å². The minimum Gasteiger partial charge on any atom is -0.384 e. The molecule has 1 heterocycles. The molecule has 2 amide bonds. The van der Waals surface area contributed by atoms with Gasteiger partial charge in [-0.05, 0) is 18.8 Å². The molecule has 1 aliphatic heterocycles. The summed E-state index contributed by atoms with van der Waals surface area (Å²) in [6.07, 6.45) is 2.27. The first kappa shape index (κ1) is 12.5. The van der Waals surface area contributed by atoms with Gasteiger partial charge in [-0.1, -0.05) is 6.92 Å². The molecule has 0 aromatic rings. The van der Waals surface area contributed by atoms with Gasteiger partial charge in [0.05, 0.1) is 12.5 Å². The van der Waals surface area contributed by atoms with Crippen LogP contribution in [0.2, 0.25) is 0 Å². The van der Waals surface area contributed by atoms with E-state index in [0.717, 1.165) is 12.8 Å². The third kappa shape index (κ3) is 2.84. The zero-order chi connectivity index (χ0) is 12.4. The van der Waals surface area contributed by atoms with Gasteiger partial charge in [-0.25, -0.2) is 0 Å². The van der Waals surface area contributed by atoms with Crippen LogP contribution in [0.25, 0.3) is 0 Å². The molecule has 5 heteroatoms. The lowest BCUT2D eigenvalue weighted by Gasteiger charge is -2.16. The van der Waals surface area contributed by atoms with Gasteiger partial charge in [-0.15, -0.1) is 0 Å². The number of ether oxygens (including phenoxy) is 1. The van der Waals surface area contributed by atoms with Crippen molar-refractivity contribution in [2.24, 2.45) is 5.92 Å². The summed E-state index contributed by atoms with van der Waals surface area (Å²) in [6, 6.07) is -0.124. The SMILES string of the molecule is COCC(C)CNC1CC(=O)N(C2CC2)C1=O. The molecule has 2 rings (SSSR count). The van der Waals surface area contributed by atoms with Crippen LogP contribution in [0.5, 0.6) is 0 Å². The van der Waals surface area contributed by atoms with Crippen LogP contribution < -0.4 is 5.32 Å². The van der Waals surface area contributed by atoms with Crippen molar-refractivity contribution in [3.63, 3.8) is 0 Å². The van der Waals surface area contributed by atoms with Crippen molar-refractivity contribution >= 4 is 11.8 Å². The van der Waals surface area contributed by atoms with Gasteiger partial charge in [0.15, 0.2) is 0 Å². The zero-order valence-corrected chi connectivity index (χ0v) is 10.4. The minimum absolute atomic E-state index is 0.0191. The van der Waals surface area contributed by atoms with E-state index in [1.807, 2.05) is 0 Å². The van der Waals surface area contributed by atoms with Crippen molar-refractivity contribution in [3.8, 4) is 0 Å². The number of nitrogens with one attached hydrogen (secondary N) is 1. The maximum atomic E-state index is 12.0. The van der Waals surface area contributed by atoms with Crippen molar-refractivity contribution in [2.75, 3.05) is 20.3 Å². The van der Waals surface area contributed by atoms with Crippen molar-refractivity contribution in [3.05, 3.63) is 0 Å². The summed E-state index contributed by atoms with van der Waals surface area (Å²) >= 11 is 0. The Morgan fingerprint density at radius 2 is 2.18 bits per heavy atom. The molecule has 2 fully saturated rings. The largest absolute Gasteiger partial charge is 0.384 e. The highest BCUT2D eigenvalue weighted by Gasteiger charge is 2.45. The molecule has 0 aromatic heterocycles. The number of amides is 2. The Labute approximate surface area is 101 Å². The number of carbonyl (C=O) groups is 2. The molecule has 2 aliphatic rings. The second kappa shape index (κ2) is 5.14. The summed E-state index contributed by atoms with van der Waals surface area (Å²) in [7, 11) is 1.66. The van der Waals surface area contributed by atoms with Crippen LogP contribution in [0.4, 0.5) is 0 Å². The van der Waals surface area contributed by atoms with Gasteiger partial charge >= 0.3 is 0 Å². The Hall–Kier alpha value is -0.940. The third-order valence-corrected chi connectivity index (χ3v) is 3.26. The smallest absolute Gasteiger partial charge is 0.247 e. The van der Waals surface area contributed by atoms with Crippen molar-refractivity contribution < 1.29 is 14.3 Å². The predicted octanol–water partition coefficient (Wildman–Crippen LogP) is 0.148. The molecule has 1 saturated carbocycles. The summed E-state index contributed by atoms with van der Waals surface area (Å²) in [5.74, 6) is 0.286. The number of nitrogens with zero attached hydrogens (tertiary/aromatic N) is 1. The predicted molar refractivity (Wildman–Crippen MR) is 62.3 cm³/mol. The molecule has 1 N–H and O–H groups in total. The van der Waals surface area contributed by atoms with E-state index in [1.165, 1.54) is 4.90 Å². The second-order valence-electron chi connectivity index (χ2n) is 5.06. The lowest BCUT2D eigenvalue weighted by molar-refractivity contribution is -0.139.